The van der Waals surface area contributed by atoms with Crippen LogP contribution in [0.4, 0.5) is 13.2 Å². The molecule has 6 nitrogen and oxygen atoms in total. The van der Waals surface area contributed by atoms with E-state index in [1.165, 1.54) is 12.1 Å². The van der Waals surface area contributed by atoms with E-state index in [1.807, 2.05) is 13.8 Å². The second kappa shape index (κ2) is 8.59. The van der Waals surface area contributed by atoms with Gasteiger partial charge in [0, 0.05) is 13.6 Å². The topological polar surface area (TPSA) is 71.7 Å². The van der Waals surface area contributed by atoms with Crippen LogP contribution in [-0.4, -0.2) is 30.8 Å². The Kier molecular flexibility index (Phi) is 6.48. The van der Waals surface area contributed by atoms with Gasteiger partial charge < -0.3 is 19.8 Å². The maximum Gasteiger partial charge on any atom is 0.422 e. The van der Waals surface area contributed by atoms with Crippen molar-refractivity contribution in [2.45, 2.75) is 33.1 Å². The summed E-state index contributed by atoms with van der Waals surface area (Å²) in [5.41, 5.74) is 1.72. The van der Waals surface area contributed by atoms with Crippen LogP contribution in [-0.2, 0) is 13.1 Å². The molecule has 1 aromatic heterocycles. The molecule has 0 saturated heterocycles. The number of nitrogens with zero attached hydrogens (tertiary/aromatic N) is 2. The summed E-state index contributed by atoms with van der Waals surface area (Å²) in [6.45, 7) is 3.25. The molecule has 0 amide bonds. The molecular formula is C17H21F3N4O2. The van der Waals surface area contributed by atoms with Gasteiger partial charge in [0.05, 0.1) is 12.2 Å². The molecule has 0 saturated carbocycles. The lowest BCUT2D eigenvalue weighted by Crippen LogP contribution is -2.36. The van der Waals surface area contributed by atoms with Crippen molar-refractivity contribution < 1.29 is 22.3 Å². The summed E-state index contributed by atoms with van der Waals surface area (Å²) < 4.78 is 46.5. The maximum absolute atomic E-state index is 12.1. The second-order valence-corrected chi connectivity index (χ2v) is 5.58. The largest absolute Gasteiger partial charge is 0.484 e. The zero-order valence-corrected chi connectivity index (χ0v) is 14.8. The normalized spacial score (nSPS) is 12.2. The van der Waals surface area contributed by atoms with E-state index in [0.717, 1.165) is 17.0 Å². The van der Waals surface area contributed by atoms with Crippen LogP contribution in [0.3, 0.4) is 0 Å². The molecule has 0 radical (unpaired) electrons. The van der Waals surface area contributed by atoms with E-state index in [9.17, 15) is 13.2 Å². The molecule has 0 spiro atoms. The second-order valence-electron chi connectivity index (χ2n) is 5.58. The number of alkyl halides is 3. The van der Waals surface area contributed by atoms with Gasteiger partial charge in [-0.2, -0.15) is 13.2 Å². The van der Waals surface area contributed by atoms with Gasteiger partial charge in [0.25, 0.3) is 0 Å². The third kappa shape index (κ3) is 6.30. The molecular weight excluding hydrogens is 349 g/mol. The van der Waals surface area contributed by atoms with Gasteiger partial charge in [-0.3, -0.25) is 4.99 Å². The third-order valence-electron chi connectivity index (χ3n) is 3.49. The first-order chi connectivity index (χ1) is 12.3. The number of aromatic nitrogens is 1. The summed E-state index contributed by atoms with van der Waals surface area (Å²) in [6, 6.07) is 6.37. The first-order valence-corrected chi connectivity index (χ1v) is 7.93. The number of aliphatic imine (C=N–C) groups is 1. The molecule has 1 aromatic carbocycles. The summed E-state index contributed by atoms with van der Waals surface area (Å²) in [5.74, 6) is 2.06. The minimum Gasteiger partial charge on any atom is -0.484 e. The summed E-state index contributed by atoms with van der Waals surface area (Å²) in [7, 11) is 1.63. The molecule has 2 aromatic rings. The third-order valence-corrected chi connectivity index (χ3v) is 3.49. The van der Waals surface area contributed by atoms with E-state index < -0.39 is 12.8 Å². The highest BCUT2D eigenvalue weighted by Crippen LogP contribution is 2.18. The average Bonchev–Trinajstić information content (AvgIpc) is 2.91. The number of benzene rings is 1. The Bertz CT molecular complexity index is 720. The van der Waals surface area contributed by atoms with E-state index in [4.69, 9.17) is 4.42 Å². The van der Waals surface area contributed by atoms with Gasteiger partial charge in [0.1, 0.15) is 11.5 Å². The van der Waals surface area contributed by atoms with Crippen molar-refractivity contribution in [3.8, 4) is 5.75 Å². The molecule has 0 atom stereocenters. The van der Waals surface area contributed by atoms with Gasteiger partial charge in [-0.05, 0) is 31.5 Å². The van der Waals surface area contributed by atoms with E-state index in [-0.39, 0.29) is 5.75 Å². The molecule has 1 heterocycles. The van der Waals surface area contributed by atoms with Crippen molar-refractivity contribution in [1.29, 1.82) is 0 Å². The number of nitrogens with one attached hydrogen (secondary N) is 2. The van der Waals surface area contributed by atoms with E-state index in [0.29, 0.717) is 24.9 Å². The fourth-order valence-electron chi connectivity index (χ4n) is 2.05. The number of guanidine groups is 1. The Labute approximate surface area is 149 Å². The summed E-state index contributed by atoms with van der Waals surface area (Å²) in [5, 5.41) is 6.18. The lowest BCUT2D eigenvalue weighted by molar-refractivity contribution is -0.153. The predicted octanol–water partition coefficient (Wildman–Crippen LogP) is 3.10. The van der Waals surface area contributed by atoms with Crippen LogP contribution < -0.4 is 15.4 Å². The molecule has 2 rings (SSSR count). The number of hydrogen-bond donors (Lipinski definition) is 2. The lowest BCUT2D eigenvalue weighted by Gasteiger charge is -2.12. The highest BCUT2D eigenvalue weighted by Gasteiger charge is 2.28. The molecule has 26 heavy (non-hydrogen) atoms. The first-order valence-electron chi connectivity index (χ1n) is 7.93. The van der Waals surface area contributed by atoms with Gasteiger partial charge in [0.15, 0.2) is 12.6 Å². The average molecular weight is 370 g/mol. The van der Waals surface area contributed by atoms with Crippen LogP contribution in [0.2, 0.25) is 0 Å². The van der Waals surface area contributed by atoms with Crippen LogP contribution in [0.25, 0.3) is 0 Å². The van der Waals surface area contributed by atoms with Gasteiger partial charge in [-0.1, -0.05) is 12.1 Å². The smallest absolute Gasteiger partial charge is 0.422 e. The van der Waals surface area contributed by atoms with Crippen LogP contribution in [0.15, 0.2) is 33.7 Å². The van der Waals surface area contributed by atoms with Gasteiger partial charge in [-0.25, -0.2) is 4.98 Å². The van der Waals surface area contributed by atoms with Crippen LogP contribution in [0.5, 0.6) is 5.75 Å². The fourth-order valence-corrected chi connectivity index (χ4v) is 2.05. The lowest BCUT2D eigenvalue weighted by atomic mass is 10.2. The van der Waals surface area contributed by atoms with Gasteiger partial charge in [-0.15, -0.1) is 0 Å². The Balaban J connectivity index is 1.80. The zero-order chi connectivity index (χ0) is 19.2. The van der Waals surface area contributed by atoms with Crippen molar-refractivity contribution in [3.05, 3.63) is 47.2 Å². The van der Waals surface area contributed by atoms with E-state index >= 15 is 0 Å². The molecule has 9 heteroatoms. The molecule has 0 fully saturated rings. The Morgan fingerprint density at radius 2 is 1.81 bits per heavy atom. The summed E-state index contributed by atoms with van der Waals surface area (Å²) >= 11 is 0. The monoisotopic (exact) mass is 370 g/mol. The standard InChI is InChI=1S/C17H21F3N4O2/c1-11-12(2)26-15(24-11)9-23-16(21-3)22-8-13-4-6-14(7-5-13)25-10-17(18,19)20/h4-7H,8-10H2,1-3H3,(H2,21,22,23). The molecule has 142 valence electrons. The highest BCUT2D eigenvalue weighted by atomic mass is 19.4. The summed E-state index contributed by atoms with van der Waals surface area (Å²) in [6.07, 6.45) is -4.35. The Morgan fingerprint density at radius 1 is 1.15 bits per heavy atom. The Morgan fingerprint density at radius 3 is 2.35 bits per heavy atom. The SMILES string of the molecule is CN=C(NCc1ccc(OCC(F)(F)F)cc1)NCc1nc(C)c(C)o1. The van der Waals surface area contributed by atoms with E-state index in [1.54, 1.807) is 19.2 Å². The fraction of sp³-hybridized carbons (Fsp3) is 0.412. The molecule has 0 aliphatic carbocycles. The molecule has 0 bridgehead atoms. The first kappa shape index (κ1) is 19.6. The maximum atomic E-state index is 12.1. The van der Waals surface area contributed by atoms with E-state index in [2.05, 4.69) is 25.3 Å². The molecule has 0 unspecified atom stereocenters. The van der Waals surface area contributed by atoms with Gasteiger partial charge in [0.2, 0.25) is 5.89 Å². The minimum atomic E-state index is -4.35. The quantitative estimate of drug-likeness (QED) is 0.604. The van der Waals surface area contributed by atoms with Crippen molar-refractivity contribution in [1.82, 2.24) is 15.6 Å². The van der Waals surface area contributed by atoms with Crippen LogP contribution >= 0.6 is 0 Å². The highest BCUT2D eigenvalue weighted by molar-refractivity contribution is 5.79. The van der Waals surface area contributed by atoms with Crippen molar-refractivity contribution >= 4 is 5.96 Å². The van der Waals surface area contributed by atoms with Crippen molar-refractivity contribution in [3.63, 3.8) is 0 Å². The number of rotatable bonds is 6. The Hall–Kier alpha value is -2.71. The molecule has 0 aliphatic rings. The zero-order valence-electron chi connectivity index (χ0n) is 14.8. The van der Waals surface area contributed by atoms with Crippen molar-refractivity contribution in [2.75, 3.05) is 13.7 Å². The predicted molar refractivity (Wildman–Crippen MR) is 91.0 cm³/mol. The number of ether oxygens (including phenoxy) is 1. The van der Waals surface area contributed by atoms with Gasteiger partial charge >= 0.3 is 6.18 Å². The molecule has 2 N–H and O–H groups in total. The molecule has 0 aliphatic heterocycles. The number of aryl methyl sites for hydroxylation is 2. The van der Waals surface area contributed by atoms with Crippen molar-refractivity contribution in [2.24, 2.45) is 4.99 Å². The number of hydrogen-bond acceptors (Lipinski definition) is 4. The number of halogens is 3. The number of oxazole rings is 1. The summed E-state index contributed by atoms with van der Waals surface area (Å²) in [4.78, 5) is 8.37. The minimum absolute atomic E-state index is 0.170. The van der Waals surface area contributed by atoms with Crippen LogP contribution in [0, 0.1) is 13.8 Å². The van der Waals surface area contributed by atoms with Crippen LogP contribution in [0.1, 0.15) is 22.9 Å².